The van der Waals surface area contributed by atoms with Crippen molar-refractivity contribution in [2.24, 2.45) is 0 Å². The summed E-state index contributed by atoms with van der Waals surface area (Å²) in [6.45, 7) is 9.02. The van der Waals surface area contributed by atoms with E-state index in [1.54, 1.807) is 0 Å². The van der Waals surface area contributed by atoms with Crippen LogP contribution in [0.4, 0.5) is 5.69 Å². The molecule has 1 aliphatic carbocycles. The topological polar surface area (TPSA) is 99.4 Å². The first-order chi connectivity index (χ1) is 17.9. The van der Waals surface area contributed by atoms with E-state index in [9.17, 15) is 0 Å². The minimum absolute atomic E-state index is 0.00273. The Morgan fingerprint density at radius 2 is 1.29 bits per heavy atom. The second-order valence-electron chi connectivity index (χ2n) is 9.83. The number of benzene rings is 2. The molecule has 0 saturated carbocycles. The first-order valence-electron chi connectivity index (χ1n) is 12.2. The van der Waals surface area contributed by atoms with E-state index in [0.717, 1.165) is 0 Å². The molecule has 2 heterocycles. The van der Waals surface area contributed by atoms with Crippen LogP contribution in [0, 0.1) is 24.1 Å². The number of aromatic nitrogens is 1. The van der Waals surface area contributed by atoms with E-state index in [2.05, 4.69) is 141 Å². The average molecular weight is 531 g/mol. The van der Waals surface area contributed by atoms with Gasteiger partial charge in [0.25, 0.3) is 0 Å². The number of hydrogen-bond acceptors (Lipinski definition) is 5. The SMILES string of the molecule is Cc1c2ccc(/C=C/C=C3/N(C)c4ccccc4C3(C)C)ccc-2c(C)[n+]1-c1ccccc1.[O-][Cl+3]([O-])([O-])[O-]. The highest BCUT2D eigenvalue weighted by Gasteiger charge is 2.37. The number of halogens is 1. The van der Waals surface area contributed by atoms with Crippen molar-refractivity contribution >= 4 is 11.8 Å². The molecule has 196 valence electrons. The van der Waals surface area contributed by atoms with Gasteiger partial charge >= 0.3 is 0 Å². The van der Waals surface area contributed by atoms with Gasteiger partial charge < -0.3 is 4.90 Å². The van der Waals surface area contributed by atoms with Crippen molar-refractivity contribution in [3.05, 3.63) is 119 Å². The van der Waals surface area contributed by atoms with Gasteiger partial charge in [0.05, 0.1) is 11.1 Å². The Bertz CT molecular complexity index is 1430. The molecule has 0 atom stereocenters. The van der Waals surface area contributed by atoms with Crippen molar-refractivity contribution in [3.63, 3.8) is 0 Å². The number of allylic oxidation sites excluding steroid dienone is 3. The molecule has 0 spiro atoms. The number of anilines is 1. The van der Waals surface area contributed by atoms with Gasteiger partial charge in [0, 0.05) is 49.8 Å². The summed E-state index contributed by atoms with van der Waals surface area (Å²) < 4.78 is 36.3. The summed E-state index contributed by atoms with van der Waals surface area (Å²) in [5.74, 6) is 0. The standard InChI is InChI=1S/C31H31N2.ClHO4/c1-22-26-20-18-24(19-21-27(26)23(2)33(22)25-13-7-6-8-14-25)12-11-17-30-31(3,4)28-15-9-10-16-29(28)32(30)5;2-1(3,4)5/h6-21H,1-5H3;(H,2,3,4,5)/q+1;/p-1. The highest BCUT2D eigenvalue weighted by atomic mass is 35.7. The third-order valence-corrected chi connectivity index (χ3v) is 7.12. The van der Waals surface area contributed by atoms with Crippen LogP contribution in [0.1, 0.15) is 36.4 Å². The highest BCUT2D eigenvalue weighted by molar-refractivity contribution is 5.72. The van der Waals surface area contributed by atoms with Crippen molar-refractivity contribution < 1.29 is 33.4 Å². The van der Waals surface area contributed by atoms with Gasteiger partial charge in [-0.2, -0.15) is 4.57 Å². The van der Waals surface area contributed by atoms with Gasteiger partial charge in [-0.25, -0.2) is 18.6 Å². The normalized spacial score (nSPS) is 15.6. The molecule has 0 aromatic heterocycles. The smallest absolute Gasteiger partial charge is 0.211 e. The maximum Gasteiger partial charge on any atom is 0.211 e. The number of nitrogens with zero attached hydrogens (tertiary/aromatic N) is 2. The van der Waals surface area contributed by atoms with E-state index >= 15 is 0 Å². The summed E-state index contributed by atoms with van der Waals surface area (Å²) in [4.78, 5) is 2.31. The van der Waals surface area contributed by atoms with Gasteiger partial charge in [-0.05, 0) is 35.4 Å². The predicted octanol–water partition coefficient (Wildman–Crippen LogP) is 2.25. The molecular weight excluding hydrogens is 500 g/mol. The third kappa shape index (κ3) is 5.65. The Kier molecular flexibility index (Phi) is 7.74. The molecule has 38 heavy (non-hydrogen) atoms. The molecule has 0 saturated heterocycles. The zero-order chi connectivity index (χ0) is 27.7. The summed E-state index contributed by atoms with van der Waals surface area (Å²) >= 11 is 0. The highest BCUT2D eigenvalue weighted by Crippen LogP contribution is 2.46. The van der Waals surface area contributed by atoms with Gasteiger partial charge in [0.1, 0.15) is 0 Å². The molecule has 7 heteroatoms. The first-order valence-corrected chi connectivity index (χ1v) is 13.5. The molecule has 2 aromatic rings. The summed E-state index contributed by atoms with van der Waals surface area (Å²) in [5, 5.41) is 0. The summed E-state index contributed by atoms with van der Waals surface area (Å²) in [5.41, 5.74) is 11.5. The van der Waals surface area contributed by atoms with Crippen LogP contribution in [-0.2, 0) is 5.41 Å². The van der Waals surface area contributed by atoms with Crippen LogP contribution < -0.4 is 28.1 Å². The molecule has 0 amide bonds. The third-order valence-electron chi connectivity index (χ3n) is 7.12. The molecule has 0 unspecified atom stereocenters. The fourth-order valence-corrected chi connectivity index (χ4v) is 5.35. The van der Waals surface area contributed by atoms with Crippen LogP contribution in [0.5, 0.6) is 0 Å². The lowest BCUT2D eigenvalue weighted by Gasteiger charge is -2.23. The number of rotatable bonds is 3. The van der Waals surface area contributed by atoms with Gasteiger partial charge in [-0.3, -0.25) is 0 Å². The molecule has 2 aliphatic heterocycles. The van der Waals surface area contributed by atoms with Crippen LogP contribution in [-0.4, -0.2) is 7.05 Å². The van der Waals surface area contributed by atoms with E-state index in [1.807, 2.05) is 0 Å². The van der Waals surface area contributed by atoms with Crippen LogP contribution in [0.3, 0.4) is 0 Å². The maximum atomic E-state index is 8.49. The Morgan fingerprint density at radius 3 is 1.84 bits per heavy atom. The molecule has 2 aromatic carbocycles. The maximum absolute atomic E-state index is 8.49. The minimum atomic E-state index is -4.94. The second kappa shape index (κ2) is 10.7. The number of likely N-dealkylation sites (N-methyl/N-ethyl adjacent to an activating group) is 1. The Morgan fingerprint density at radius 1 is 0.763 bits per heavy atom. The Balaban J connectivity index is 0.000000617. The number of fused-ring (bicyclic) bond motifs is 2. The monoisotopic (exact) mass is 530 g/mol. The Hall–Kier alpha value is -3.52. The van der Waals surface area contributed by atoms with Gasteiger partial charge in [-0.1, -0.05) is 74.5 Å². The average Bonchev–Trinajstić information content (AvgIpc) is 3.08. The summed E-state index contributed by atoms with van der Waals surface area (Å²) in [7, 11) is -2.78. The summed E-state index contributed by atoms with van der Waals surface area (Å²) in [6.07, 6.45) is 6.64. The summed E-state index contributed by atoms with van der Waals surface area (Å²) in [6, 6.07) is 28.2. The molecule has 0 bridgehead atoms. The lowest BCUT2D eigenvalue weighted by atomic mass is 9.84. The van der Waals surface area contributed by atoms with E-state index < -0.39 is 10.2 Å². The van der Waals surface area contributed by atoms with E-state index in [1.165, 1.54) is 50.7 Å². The lowest BCUT2D eigenvalue weighted by Crippen LogP contribution is -2.68. The van der Waals surface area contributed by atoms with Crippen molar-refractivity contribution in [2.75, 3.05) is 11.9 Å². The van der Waals surface area contributed by atoms with Crippen LogP contribution >= 0.6 is 0 Å². The quantitative estimate of drug-likeness (QED) is 0.378. The second-order valence-corrected chi connectivity index (χ2v) is 10.6. The van der Waals surface area contributed by atoms with Crippen LogP contribution in [0.2, 0.25) is 0 Å². The number of para-hydroxylation sites is 2. The molecule has 5 rings (SSSR count). The molecule has 6 nitrogen and oxygen atoms in total. The van der Waals surface area contributed by atoms with Gasteiger partial charge in [0.15, 0.2) is 11.4 Å². The molecule has 3 aliphatic rings. The van der Waals surface area contributed by atoms with E-state index in [0.29, 0.717) is 0 Å². The van der Waals surface area contributed by atoms with E-state index in [-0.39, 0.29) is 5.41 Å². The van der Waals surface area contributed by atoms with Crippen LogP contribution in [0.25, 0.3) is 22.9 Å². The molecule has 0 radical (unpaired) electrons. The Labute approximate surface area is 226 Å². The van der Waals surface area contributed by atoms with Gasteiger partial charge in [0.2, 0.25) is 5.69 Å². The largest absolute Gasteiger partial charge is 0.347 e. The fourth-order valence-electron chi connectivity index (χ4n) is 5.35. The van der Waals surface area contributed by atoms with Crippen molar-refractivity contribution in [3.8, 4) is 16.8 Å². The lowest BCUT2D eigenvalue weighted by molar-refractivity contribution is -2.00. The fraction of sp³-hybridized carbons (Fsp3) is 0.194. The zero-order valence-corrected chi connectivity index (χ0v) is 22.9. The predicted molar refractivity (Wildman–Crippen MR) is 139 cm³/mol. The zero-order valence-electron chi connectivity index (χ0n) is 22.1. The van der Waals surface area contributed by atoms with Crippen molar-refractivity contribution in [1.29, 1.82) is 0 Å². The van der Waals surface area contributed by atoms with Gasteiger partial charge in [-0.15, -0.1) is 10.2 Å². The molecular formula is C31H31ClN2O4. The first kappa shape index (κ1) is 27.5. The molecule has 0 fully saturated rings. The van der Waals surface area contributed by atoms with Crippen molar-refractivity contribution in [1.82, 2.24) is 0 Å². The molecule has 0 N–H and O–H groups in total. The van der Waals surface area contributed by atoms with E-state index in [4.69, 9.17) is 18.6 Å². The van der Waals surface area contributed by atoms with Crippen molar-refractivity contribution in [2.45, 2.75) is 33.1 Å². The minimum Gasteiger partial charge on any atom is -0.347 e. The number of hydrogen-bond donors (Lipinski definition) is 0. The van der Waals surface area contributed by atoms with Crippen LogP contribution in [0.15, 0.2) is 96.7 Å².